The summed E-state index contributed by atoms with van der Waals surface area (Å²) >= 11 is 0. The lowest BCUT2D eigenvalue weighted by Crippen LogP contribution is -2.46. The van der Waals surface area contributed by atoms with Gasteiger partial charge in [0.05, 0.1) is 12.6 Å². The molecular weight excluding hydrogens is 287 g/mol. The van der Waals surface area contributed by atoms with Crippen molar-refractivity contribution in [1.82, 2.24) is 10.6 Å². The molecule has 1 unspecified atom stereocenters. The molecule has 0 saturated heterocycles. The Morgan fingerprint density at radius 1 is 1.32 bits per heavy atom. The first-order valence-electron chi connectivity index (χ1n) is 7.67. The number of nitrogens with one attached hydrogen (secondary N) is 2. The van der Waals surface area contributed by atoms with Crippen LogP contribution in [0.25, 0.3) is 0 Å². The van der Waals surface area contributed by atoms with Gasteiger partial charge >= 0.3 is 6.03 Å². The van der Waals surface area contributed by atoms with E-state index in [0.717, 1.165) is 25.7 Å². The van der Waals surface area contributed by atoms with Crippen LogP contribution in [0.2, 0.25) is 0 Å². The van der Waals surface area contributed by atoms with Gasteiger partial charge in [0.15, 0.2) is 0 Å². The number of carbonyl (C=O) groups excluding carboxylic acids is 1. The molecule has 2 rings (SSSR count). The third-order valence-corrected chi connectivity index (χ3v) is 3.73. The number of hydrogen-bond acceptors (Lipinski definition) is 3. The fourth-order valence-corrected chi connectivity index (χ4v) is 2.48. The van der Waals surface area contributed by atoms with Crippen LogP contribution in [0.1, 0.15) is 32.6 Å². The number of halogens is 1. The summed E-state index contributed by atoms with van der Waals surface area (Å²) in [5.41, 5.74) is 0. The zero-order chi connectivity index (χ0) is 15.9. The van der Waals surface area contributed by atoms with Crippen LogP contribution in [-0.4, -0.2) is 35.9 Å². The molecule has 1 aromatic rings. The van der Waals surface area contributed by atoms with Gasteiger partial charge in [-0.05, 0) is 56.9 Å². The summed E-state index contributed by atoms with van der Waals surface area (Å²) in [4.78, 5) is 11.8. The fourth-order valence-electron chi connectivity index (χ4n) is 2.48. The van der Waals surface area contributed by atoms with Crippen molar-refractivity contribution in [1.29, 1.82) is 0 Å². The highest BCUT2D eigenvalue weighted by Crippen LogP contribution is 2.18. The fraction of sp³-hybridized carbons (Fsp3) is 0.562. The largest absolute Gasteiger partial charge is 0.489 e. The summed E-state index contributed by atoms with van der Waals surface area (Å²) in [5.74, 6) is 0.257. The smallest absolute Gasteiger partial charge is 0.315 e. The molecule has 2 amide bonds. The van der Waals surface area contributed by atoms with Crippen molar-refractivity contribution in [2.75, 3.05) is 6.54 Å². The van der Waals surface area contributed by atoms with E-state index in [0.29, 0.717) is 12.3 Å². The van der Waals surface area contributed by atoms with Crippen molar-refractivity contribution >= 4 is 6.03 Å². The molecule has 0 heterocycles. The Morgan fingerprint density at radius 2 is 1.95 bits per heavy atom. The van der Waals surface area contributed by atoms with E-state index in [4.69, 9.17) is 4.74 Å². The molecule has 1 saturated carbocycles. The third kappa shape index (κ3) is 5.52. The van der Waals surface area contributed by atoms with Crippen LogP contribution in [0.15, 0.2) is 24.3 Å². The van der Waals surface area contributed by atoms with Crippen LogP contribution in [0, 0.1) is 5.82 Å². The number of carbonyl (C=O) groups is 1. The number of hydrogen-bond donors (Lipinski definition) is 3. The molecule has 1 atom stereocenters. The van der Waals surface area contributed by atoms with E-state index >= 15 is 0 Å². The van der Waals surface area contributed by atoms with E-state index in [2.05, 4.69) is 10.6 Å². The van der Waals surface area contributed by atoms with Gasteiger partial charge in [0, 0.05) is 6.04 Å². The number of amides is 2. The Kier molecular flexibility index (Phi) is 6.00. The minimum atomic E-state index is -0.310. The molecule has 1 aliphatic carbocycles. The molecular formula is C16H23FN2O3. The van der Waals surface area contributed by atoms with Gasteiger partial charge < -0.3 is 20.5 Å². The molecule has 0 radical (unpaired) electrons. The van der Waals surface area contributed by atoms with Crippen LogP contribution in [0.4, 0.5) is 9.18 Å². The highest BCUT2D eigenvalue weighted by atomic mass is 19.1. The van der Waals surface area contributed by atoms with Crippen molar-refractivity contribution in [2.24, 2.45) is 0 Å². The first-order valence-corrected chi connectivity index (χ1v) is 7.67. The number of rotatable bonds is 5. The van der Waals surface area contributed by atoms with E-state index in [1.165, 1.54) is 12.1 Å². The van der Waals surface area contributed by atoms with E-state index in [9.17, 15) is 14.3 Å². The Labute approximate surface area is 129 Å². The van der Waals surface area contributed by atoms with Gasteiger partial charge in [0.1, 0.15) is 17.7 Å². The van der Waals surface area contributed by atoms with E-state index < -0.39 is 0 Å². The van der Waals surface area contributed by atoms with Gasteiger partial charge in [0.2, 0.25) is 0 Å². The van der Waals surface area contributed by atoms with Gasteiger partial charge in [-0.3, -0.25) is 0 Å². The van der Waals surface area contributed by atoms with Crippen LogP contribution in [0.3, 0.4) is 0 Å². The normalized spacial score (nSPS) is 22.7. The SMILES string of the molecule is CC(CNC(=O)NC1CCC(O)CC1)Oc1ccc(F)cc1. The minimum Gasteiger partial charge on any atom is -0.489 e. The Hall–Kier alpha value is -1.82. The van der Waals surface area contributed by atoms with E-state index in [1.54, 1.807) is 12.1 Å². The third-order valence-electron chi connectivity index (χ3n) is 3.73. The van der Waals surface area contributed by atoms with Crippen molar-refractivity contribution in [3.63, 3.8) is 0 Å². The molecule has 0 bridgehead atoms. The lowest BCUT2D eigenvalue weighted by molar-refractivity contribution is 0.117. The van der Waals surface area contributed by atoms with Crippen LogP contribution < -0.4 is 15.4 Å². The summed E-state index contributed by atoms with van der Waals surface area (Å²) in [7, 11) is 0. The maximum atomic E-state index is 12.8. The lowest BCUT2D eigenvalue weighted by atomic mass is 9.93. The van der Waals surface area contributed by atoms with Gasteiger partial charge in [-0.25, -0.2) is 9.18 Å². The van der Waals surface area contributed by atoms with Gasteiger partial charge in [0.25, 0.3) is 0 Å². The molecule has 1 fully saturated rings. The highest BCUT2D eigenvalue weighted by molar-refractivity contribution is 5.74. The maximum absolute atomic E-state index is 12.8. The second-order valence-corrected chi connectivity index (χ2v) is 5.74. The number of aliphatic hydroxyl groups excluding tert-OH is 1. The molecule has 6 heteroatoms. The number of ether oxygens (including phenoxy) is 1. The zero-order valence-electron chi connectivity index (χ0n) is 12.7. The Balaban J connectivity index is 1.66. The van der Waals surface area contributed by atoms with Crippen molar-refractivity contribution in [3.05, 3.63) is 30.1 Å². The van der Waals surface area contributed by atoms with Gasteiger partial charge in [-0.1, -0.05) is 0 Å². The van der Waals surface area contributed by atoms with E-state index in [1.807, 2.05) is 6.92 Å². The van der Waals surface area contributed by atoms with Gasteiger partial charge in [-0.2, -0.15) is 0 Å². The molecule has 22 heavy (non-hydrogen) atoms. The standard InChI is InChI=1S/C16H23FN2O3/c1-11(22-15-8-2-12(17)3-9-15)10-18-16(21)19-13-4-6-14(20)7-5-13/h2-3,8-9,11,13-14,20H,4-7,10H2,1H3,(H2,18,19,21). The topological polar surface area (TPSA) is 70.6 Å². The monoisotopic (exact) mass is 310 g/mol. The summed E-state index contributed by atoms with van der Waals surface area (Å²) in [6.45, 7) is 2.19. The molecule has 122 valence electrons. The summed E-state index contributed by atoms with van der Waals surface area (Å²) in [6.07, 6.45) is 2.62. The Morgan fingerprint density at radius 3 is 2.59 bits per heavy atom. The average Bonchev–Trinajstić information content (AvgIpc) is 2.50. The predicted molar refractivity (Wildman–Crippen MR) is 81.3 cm³/mol. The number of aliphatic hydroxyl groups is 1. The van der Waals surface area contributed by atoms with Crippen molar-refractivity contribution < 1.29 is 19.0 Å². The quantitative estimate of drug-likeness (QED) is 0.781. The maximum Gasteiger partial charge on any atom is 0.315 e. The molecule has 3 N–H and O–H groups in total. The Bertz CT molecular complexity index is 473. The number of benzene rings is 1. The van der Waals surface area contributed by atoms with Crippen LogP contribution >= 0.6 is 0 Å². The molecule has 0 spiro atoms. The number of urea groups is 1. The summed E-state index contributed by atoms with van der Waals surface area (Å²) in [5, 5.41) is 15.1. The highest BCUT2D eigenvalue weighted by Gasteiger charge is 2.20. The zero-order valence-corrected chi connectivity index (χ0v) is 12.7. The van der Waals surface area contributed by atoms with Crippen molar-refractivity contribution in [2.45, 2.75) is 50.9 Å². The molecule has 0 aliphatic heterocycles. The predicted octanol–water partition coefficient (Wildman–Crippen LogP) is 2.20. The van der Waals surface area contributed by atoms with E-state index in [-0.39, 0.29) is 30.1 Å². The molecule has 0 aromatic heterocycles. The molecule has 5 nitrogen and oxygen atoms in total. The summed E-state index contributed by atoms with van der Waals surface area (Å²) in [6, 6.07) is 5.67. The van der Waals surface area contributed by atoms with Crippen molar-refractivity contribution in [3.8, 4) is 5.75 Å². The molecule has 1 aliphatic rings. The minimum absolute atomic E-state index is 0.122. The summed E-state index contributed by atoms with van der Waals surface area (Å²) < 4.78 is 18.4. The van der Waals surface area contributed by atoms with Crippen LogP contribution in [0.5, 0.6) is 5.75 Å². The van der Waals surface area contributed by atoms with Crippen LogP contribution in [-0.2, 0) is 0 Å². The lowest BCUT2D eigenvalue weighted by Gasteiger charge is -2.26. The van der Waals surface area contributed by atoms with Gasteiger partial charge in [-0.15, -0.1) is 0 Å². The molecule has 1 aromatic carbocycles. The first-order chi connectivity index (χ1) is 10.5. The second-order valence-electron chi connectivity index (χ2n) is 5.74. The first kappa shape index (κ1) is 16.5. The second kappa shape index (κ2) is 7.98. The average molecular weight is 310 g/mol.